The first-order valence-electron chi connectivity index (χ1n) is 1.51. The largest absolute Gasteiger partial charge is 0.252 e. The van der Waals surface area contributed by atoms with E-state index in [9.17, 15) is 0 Å². The van der Waals surface area contributed by atoms with Crippen LogP contribution in [0.2, 0.25) is 1.41 Å². The third-order valence-electron chi connectivity index (χ3n) is 0.130. The summed E-state index contributed by atoms with van der Waals surface area (Å²) in [5, 5.41) is 0. The van der Waals surface area contributed by atoms with Crippen LogP contribution in [0, 0.1) is 0 Å². The molecule has 5 heavy (non-hydrogen) atoms. The van der Waals surface area contributed by atoms with E-state index in [1.54, 1.807) is 0 Å². The van der Waals surface area contributed by atoms with Crippen molar-refractivity contribution in [2.75, 3.05) is 6.67 Å². The van der Waals surface area contributed by atoms with Crippen LogP contribution in [0.4, 0.5) is 0 Å². The number of hydrogen-bond donors (Lipinski definition) is 3. The second-order valence-corrected chi connectivity index (χ2v) is 1.43. The third kappa shape index (κ3) is 5.00. The number of thiol groups is 1. The zero-order valence-corrected chi connectivity index (χ0v) is 5.53. The quantitative estimate of drug-likeness (QED) is 0.262. The molecular weight excluding hydrogens is 199 g/mol. The van der Waals surface area contributed by atoms with E-state index in [1.807, 2.05) is 22.9 Å². The number of halogens is 1. The molecule has 0 heterocycles. The molecule has 0 atom stereocenters. The summed E-state index contributed by atoms with van der Waals surface area (Å²) in [4.78, 5) is 0. The van der Waals surface area contributed by atoms with Gasteiger partial charge in [-0.2, -0.15) is 0 Å². The van der Waals surface area contributed by atoms with E-state index in [1.165, 1.54) is 3.52 Å². The van der Waals surface area contributed by atoms with Gasteiger partial charge in [0, 0.05) is 22.9 Å². The molecule has 0 aromatic rings. The molecule has 0 rings (SSSR count). The van der Waals surface area contributed by atoms with Crippen LogP contribution in [0.25, 0.3) is 0 Å². The highest BCUT2D eigenvalue weighted by molar-refractivity contribution is 14.1. The van der Waals surface area contributed by atoms with E-state index in [0.717, 1.165) is 0 Å². The highest BCUT2D eigenvalue weighted by Crippen LogP contribution is 1.62. The van der Waals surface area contributed by atoms with Gasteiger partial charge in [0.25, 0.3) is 0 Å². The molecular formula is CH5IN2S. The van der Waals surface area contributed by atoms with Gasteiger partial charge in [-0.3, -0.25) is 4.72 Å². The van der Waals surface area contributed by atoms with Gasteiger partial charge in [0.15, 0.2) is 0 Å². The van der Waals surface area contributed by atoms with Crippen LogP contribution in [-0.2, 0) is 0 Å². The predicted octanol–water partition coefficient (Wildman–Crippen LogP) is 0.318. The number of hydrogen-bond acceptors (Lipinski definition) is 3. The molecule has 0 saturated heterocycles. The first kappa shape index (κ1) is 4.17. The fourth-order valence-corrected chi connectivity index (χ4v) is 0.538. The summed E-state index contributed by atoms with van der Waals surface area (Å²) in [6.45, 7) is 0.476. The number of rotatable bonds is 2. The van der Waals surface area contributed by atoms with Crippen molar-refractivity contribution in [2.24, 2.45) is 0 Å². The SMILES string of the molecule is [2H]N(I)CNS. The lowest BCUT2D eigenvalue weighted by molar-refractivity contribution is 0.950. The summed E-state index contributed by atoms with van der Waals surface area (Å²) in [6.07, 6.45) is 0. The summed E-state index contributed by atoms with van der Waals surface area (Å²) < 4.78 is 10.4. The monoisotopic (exact) mass is 205 g/mol. The van der Waals surface area contributed by atoms with Crippen molar-refractivity contribution in [3.63, 3.8) is 0 Å². The molecule has 0 aromatic carbocycles. The van der Waals surface area contributed by atoms with E-state index in [2.05, 4.69) is 17.5 Å². The molecule has 0 aromatic heterocycles. The smallest absolute Gasteiger partial charge is 0.136 e. The maximum atomic E-state index is 6.69. The second-order valence-electron chi connectivity index (χ2n) is 0.436. The van der Waals surface area contributed by atoms with E-state index >= 15 is 0 Å². The Bertz CT molecular complexity index is 34.7. The highest BCUT2D eigenvalue weighted by Gasteiger charge is 1.63. The predicted molar refractivity (Wildman–Crippen MR) is 34.1 cm³/mol. The van der Waals surface area contributed by atoms with Gasteiger partial charge in [-0.1, -0.05) is 12.8 Å². The van der Waals surface area contributed by atoms with Gasteiger partial charge in [0.1, 0.15) is 1.41 Å². The average molecular weight is 205 g/mol. The molecule has 4 heteroatoms. The molecule has 32 valence electrons. The molecule has 0 radical (unpaired) electrons. The molecule has 0 amide bonds. The van der Waals surface area contributed by atoms with Crippen LogP contribution < -0.4 is 8.25 Å². The lowest BCUT2D eigenvalue weighted by atomic mass is 11.3. The molecule has 2 nitrogen and oxygen atoms in total. The average Bonchev–Trinajstić information content (AvgIpc) is 1.35. The van der Waals surface area contributed by atoms with Gasteiger partial charge in [-0.05, 0) is 0 Å². The van der Waals surface area contributed by atoms with Crippen molar-refractivity contribution in [2.45, 2.75) is 0 Å². The van der Waals surface area contributed by atoms with Gasteiger partial charge >= 0.3 is 0 Å². The maximum absolute atomic E-state index is 6.69. The zero-order chi connectivity index (χ0) is 4.99. The molecule has 0 aliphatic carbocycles. The Morgan fingerprint density at radius 3 is 2.80 bits per heavy atom. The molecule has 2 N–H and O–H groups in total. The first-order chi connectivity index (χ1) is 2.77. The van der Waals surface area contributed by atoms with Gasteiger partial charge < -0.3 is 0 Å². The van der Waals surface area contributed by atoms with E-state index < -0.39 is 0 Å². The van der Waals surface area contributed by atoms with Crippen LogP contribution in [-0.4, -0.2) is 6.67 Å². The van der Waals surface area contributed by atoms with Crippen molar-refractivity contribution in [1.29, 1.82) is 0 Å². The lowest BCUT2D eigenvalue weighted by Gasteiger charge is -1.85. The Hall–Kier alpha value is 1.000. The number of nitrogens with one attached hydrogen (secondary N) is 2. The van der Waals surface area contributed by atoms with Crippen LogP contribution in [0.5, 0.6) is 0 Å². The van der Waals surface area contributed by atoms with Crippen LogP contribution >= 0.6 is 35.7 Å². The molecule has 0 aliphatic heterocycles. The van der Waals surface area contributed by atoms with Crippen LogP contribution in [0.1, 0.15) is 0 Å². The fraction of sp³-hybridized carbons (Fsp3) is 1.00. The van der Waals surface area contributed by atoms with E-state index in [-0.39, 0.29) is 0 Å². The normalized spacial score (nSPS) is 12.2. The molecule has 0 aliphatic rings. The standard InChI is InChI=1S/CH5IN2S/c2-3-1-4-5/h3-5H,1H2/i/hD. The fourth-order valence-electron chi connectivity index (χ4n) is 0.0267. The van der Waals surface area contributed by atoms with Crippen molar-refractivity contribution in [3.8, 4) is 0 Å². The maximum Gasteiger partial charge on any atom is 0.136 e. The molecule has 0 unspecified atom stereocenters. The Kier molecular flexibility index (Phi) is 4.17. The molecule has 0 spiro atoms. The summed E-state index contributed by atoms with van der Waals surface area (Å²) in [6, 6.07) is 0. The van der Waals surface area contributed by atoms with Gasteiger partial charge in [0.05, 0.1) is 6.67 Å². The lowest BCUT2D eigenvalue weighted by Crippen LogP contribution is -2.11. The topological polar surface area (TPSA) is 24.1 Å². The minimum absolute atomic E-state index is 0.476. The van der Waals surface area contributed by atoms with Crippen molar-refractivity contribution >= 4 is 35.7 Å². The highest BCUT2D eigenvalue weighted by atomic mass is 127. The van der Waals surface area contributed by atoms with Crippen LogP contribution in [0.15, 0.2) is 0 Å². The summed E-state index contributed by atoms with van der Waals surface area (Å²) in [7, 11) is 0. The summed E-state index contributed by atoms with van der Waals surface area (Å²) >= 11 is 5.47. The van der Waals surface area contributed by atoms with Gasteiger partial charge in [0.2, 0.25) is 0 Å². The summed E-state index contributed by atoms with van der Waals surface area (Å²) in [5.74, 6) is 0. The zero-order valence-electron chi connectivity index (χ0n) is 3.48. The van der Waals surface area contributed by atoms with Gasteiger partial charge in [-0.15, -0.1) is 0 Å². The Labute approximate surface area is 52.2 Å². The Morgan fingerprint density at radius 1 is 2.20 bits per heavy atom. The third-order valence-corrected chi connectivity index (χ3v) is 0.613. The van der Waals surface area contributed by atoms with E-state index in [4.69, 9.17) is 1.41 Å². The summed E-state index contributed by atoms with van der Waals surface area (Å²) in [5.41, 5.74) is 0. The molecule has 0 bridgehead atoms. The Morgan fingerprint density at radius 2 is 2.80 bits per heavy atom. The first-order valence-corrected chi connectivity index (χ1v) is 2.47. The Balaban J connectivity index is 2.63. The molecule has 0 saturated carbocycles. The van der Waals surface area contributed by atoms with Crippen molar-refractivity contribution < 1.29 is 1.41 Å². The minimum Gasteiger partial charge on any atom is -0.252 e. The van der Waals surface area contributed by atoms with Crippen molar-refractivity contribution in [3.05, 3.63) is 0 Å². The van der Waals surface area contributed by atoms with Crippen molar-refractivity contribution in [1.82, 2.24) is 8.25 Å². The second kappa shape index (κ2) is 5.00. The van der Waals surface area contributed by atoms with Gasteiger partial charge in [-0.25, -0.2) is 3.52 Å². The minimum atomic E-state index is 0.476. The van der Waals surface area contributed by atoms with E-state index in [0.29, 0.717) is 6.67 Å². The molecule has 0 fully saturated rings. The van der Waals surface area contributed by atoms with Crippen LogP contribution in [0.3, 0.4) is 0 Å².